The molecule has 142 valence electrons. The van der Waals surface area contributed by atoms with Crippen LogP contribution in [0.4, 0.5) is 0 Å². The molecule has 2 N–H and O–H groups in total. The van der Waals surface area contributed by atoms with Gasteiger partial charge in [0, 0.05) is 17.4 Å². The highest BCUT2D eigenvalue weighted by molar-refractivity contribution is 5.96. The Morgan fingerprint density at radius 1 is 1.46 bits per heavy atom. The van der Waals surface area contributed by atoms with Crippen LogP contribution in [0.1, 0.15) is 40.5 Å². The van der Waals surface area contributed by atoms with E-state index in [1.165, 1.54) is 12.2 Å². The van der Waals surface area contributed by atoms with Crippen molar-refractivity contribution >= 4 is 11.8 Å². The van der Waals surface area contributed by atoms with Gasteiger partial charge in [0.15, 0.2) is 5.78 Å². The van der Waals surface area contributed by atoms with E-state index < -0.39 is 29.2 Å². The maximum absolute atomic E-state index is 12.1. The minimum atomic E-state index is -1.01. The summed E-state index contributed by atoms with van der Waals surface area (Å²) in [5.41, 5.74) is -0.449. The molecule has 5 atom stereocenters. The fourth-order valence-corrected chi connectivity index (χ4v) is 3.28. The number of aliphatic hydroxyl groups is 2. The first-order chi connectivity index (χ1) is 12.1. The molecule has 0 amide bonds. The van der Waals surface area contributed by atoms with Crippen molar-refractivity contribution < 1.29 is 24.5 Å². The van der Waals surface area contributed by atoms with Crippen LogP contribution in [-0.4, -0.2) is 39.8 Å². The first kappa shape index (κ1) is 20.3. The minimum absolute atomic E-state index is 0.0739. The summed E-state index contributed by atoms with van der Waals surface area (Å²) in [5.74, 6) is -0.826. The number of carbonyl (C=O) groups excluding carboxylic acids is 2. The van der Waals surface area contributed by atoms with Gasteiger partial charge in [0.25, 0.3) is 0 Å². The second kappa shape index (κ2) is 7.72. The second-order valence-corrected chi connectivity index (χ2v) is 7.62. The molecule has 0 spiro atoms. The standard InChI is InChI=1S/C21H28O5/c1-5-20(3,25)11-7-6-8-19(24)26-18-10-9-15-12-16(22)17(23)13-21(15,4)14(18)2/h6-12,14,17-18,23,25H,5,13H2,1-4H3/b8-6+,11-7+/t14-,17-,18-,20?,21+/m0/s1. The fraction of sp³-hybridized carbons (Fsp3) is 0.524. The molecule has 0 aromatic carbocycles. The molecule has 0 saturated heterocycles. The summed E-state index contributed by atoms with van der Waals surface area (Å²) < 4.78 is 5.54. The lowest BCUT2D eigenvalue weighted by Crippen LogP contribution is -2.45. The molecule has 0 saturated carbocycles. The summed E-state index contributed by atoms with van der Waals surface area (Å²) >= 11 is 0. The van der Waals surface area contributed by atoms with Crippen molar-refractivity contribution in [1.82, 2.24) is 0 Å². The van der Waals surface area contributed by atoms with Gasteiger partial charge in [-0.25, -0.2) is 4.79 Å². The van der Waals surface area contributed by atoms with Gasteiger partial charge in [-0.05, 0) is 37.5 Å². The van der Waals surface area contributed by atoms with Crippen molar-refractivity contribution in [2.24, 2.45) is 11.3 Å². The zero-order valence-corrected chi connectivity index (χ0v) is 15.8. The van der Waals surface area contributed by atoms with E-state index in [9.17, 15) is 19.8 Å². The van der Waals surface area contributed by atoms with Gasteiger partial charge >= 0.3 is 5.97 Å². The zero-order chi connectivity index (χ0) is 19.5. The summed E-state index contributed by atoms with van der Waals surface area (Å²) in [6.07, 6.45) is 10.6. The average Bonchev–Trinajstić information content (AvgIpc) is 2.57. The van der Waals surface area contributed by atoms with E-state index in [1.54, 1.807) is 31.2 Å². The summed E-state index contributed by atoms with van der Waals surface area (Å²) in [6, 6.07) is 0. The first-order valence-electron chi connectivity index (χ1n) is 9.00. The van der Waals surface area contributed by atoms with Gasteiger partial charge in [0.05, 0.1) is 5.60 Å². The van der Waals surface area contributed by atoms with Gasteiger partial charge in [-0.1, -0.05) is 45.1 Å². The minimum Gasteiger partial charge on any atom is -0.455 e. The molecule has 2 aliphatic carbocycles. The smallest absolute Gasteiger partial charge is 0.331 e. The van der Waals surface area contributed by atoms with Crippen LogP contribution in [0, 0.1) is 11.3 Å². The average molecular weight is 360 g/mol. The number of carbonyl (C=O) groups is 2. The van der Waals surface area contributed by atoms with Crippen molar-refractivity contribution in [2.75, 3.05) is 0 Å². The monoisotopic (exact) mass is 360 g/mol. The van der Waals surface area contributed by atoms with Crippen LogP contribution < -0.4 is 0 Å². The molecular weight excluding hydrogens is 332 g/mol. The van der Waals surface area contributed by atoms with Gasteiger partial charge in [-0.2, -0.15) is 0 Å². The molecule has 0 aliphatic heterocycles. The van der Waals surface area contributed by atoms with E-state index in [4.69, 9.17) is 4.74 Å². The molecule has 0 fully saturated rings. The summed E-state index contributed by atoms with van der Waals surface area (Å²) in [7, 11) is 0. The molecule has 1 unspecified atom stereocenters. The molecule has 2 rings (SSSR count). The number of rotatable bonds is 5. The van der Waals surface area contributed by atoms with Crippen molar-refractivity contribution in [1.29, 1.82) is 0 Å². The normalized spacial score (nSPS) is 33.8. The summed E-state index contributed by atoms with van der Waals surface area (Å²) in [5, 5.41) is 19.8. The van der Waals surface area contributed by atoms with Gasteiger partial charge in [-0.3, -0.25) is 4.79 Å². The highest BCUT2D eigenvalue weighted by atomic mass is 16.5. The van der Waals surface area contributed by atoms with E-state index in [1.807, 2.05) is 26.8 Å². The lowest BCUT2D eigenvalue weighted by molar-refractivity contribution is -0.145. The Morgan fingerprint density at radius 3 is 2.81 bits per heavy atom. The van der Waals surface area contributed by atoms with Crippen LogP contribution in [0.2, 0.25) is 0 Å². The summed E-state index contributed by atoms with van der Waals surface area (Å²) in [6.45, 7) is 7.51. The second-order valence-electron chi connectivity index (χ2n) is 7.62. The molecule has 0 radical (unpaired) electrons. The molecule has 0 aromatic rings. The largest absolute Gasteiger partial charge is 0.455 e. The Labute approximate surface area is 154 Å². The Kier molecular flexibility index (Phi) is 6.04. The molecule has 2 aliphatic rings. The van der Waals surface area contributed by atoms with Crippen molar-refractivity contribution in [3.05, 3.63) is 48.1 Å². The van der Waals surface area contributed by atoms with Crippen LogP contribution in [0.15, 0.2) is 48.1 Å². The number of ether oxygens (including phenoxy) is 1. The van der Waals surface area contributed by atoms with Crippen LogP contribution in [0.3, 0.4) is 0 Å². The SMILES string of the molecule is CCC(C)(O)/C=C/C=C/C(=O)O[C@H]1C=CC2=CC(=O)[C@@H](O)C[C@]2(C)[C@H]1C. The lowest BCUT2D eigenvalue weighted by atomic mass is 9.61. The topological polar surface area (TPSA) is 83.8 Å². The van der Waals surface area contributed by atoms with E-state index >= 15 is 0 Å². The fourth-order valence-electron chi connectivity index (χ4n) is 3.28. The Bertz CT molecular complexity index is 683. The predicted octanol–water partition coefficient (Wildman–Crippen LogP) is 2.64. The quantitative estimate of drug-likeness (QED) is 0.447. The van der Waals surface area contributed by atoms with Gasteiger partial charge < -0.3 is 14.9 Å². The molecule has 5 nitrogen and oxygen atoms in total. The van der Waals surface area contributed by atoms with E-state index in [0.717, 1.165) is 5.57 Å². The first-order valence-corrected chi connectivity index (χ1v) is 9.00. The number of aliphatic hydroxyl groups excluding tert-OH is 1. The van der Waals surface area contributed by atoms with Crippen LogP contribution in [0.5, 0.6) is 0 Å². The highest BCUT2D eigenvalue weighted by Crippen LogP contribution is 2.48. The van der Waals surface area contributed by atoms with E-state index in [2.05, 4.69) is 0 Å². The maximum atomic E-state index is 12.1. The number of fused-ring (bicyclic) bond motifs is 1. The Balaban J connectivity index is 2.05. The molecule has 26 heavy (non-hydrogen) atoms. The molecular formula is C21H28O5. The predicted molar refractivity (Wildman–Crippen MR) is 99.2 cm³/mol. The van der Waals surface area contributed by atoms with Gasteiger partial charge in [0.1, 0.15) is 12.2 Å². The van der Waals surface area contributed by atoms with Crippen LogP contribution in [-0.2, 0) is 14.3 Å². The van der Waals surface area contributed by atoms with Crippen LogP contribution >= 0.6 is 0 Å². The van der Waals surface area contributed by atoms with Gasteiger partial charge in [-0.15, -0.1) is 0 Å². The Morgan fingerprint density at radius 2 is 2.15 bits per heavy atom. The highest BCUT2D eigenvalue weighted by Gasteiger charge is 2.46. The van der Waals surface area contributed by atoms with Crippen molar-refractivity contribution in [2.45, 2.75) is 58.3 Å². The van der Waals surface area contributed by atoms with Crippen LogP contribution in [0.25, 0.3) is 0 Å². The lowest BCUT2D eigenvalue weighted by Gasteiger charge is -2.45. The number of hydrogen-bond acceptors (Lipinski definition) is 5. The molecule has 0 aromatic heterocycles. The number of ketones is 1. The van der Waals surface area contributed by atoms with Crippen molar-refractivity contribution in [3.8, 4) is 0 Å². The third kappa shape index (κ3) is 4.40. The molecule has 5 heteroatoms. The third-order valence-corrected chi connectivity index (χ3v) is 5.63. The van der Waals surface area contributed by atoms with E-state index in [0.29, 0.717) is 12.8 Å². The summed E-state index contributed by atoms with van der Waals surface area (Å²) in [4.78, 5) is 23.8. The third-order valence-electron chi connectivity index (χ3n) is 5.63. The zero-order valence-electron chi connectivity index (χ0n) is 15.8. The van der Waals surface area contributed by atoms with Crippen molar-refractivity contribution in [3.63, 3.8) is 0 Å². The van der Waals surface area contributed by atoms with Gasteiger partial charge in [0.2, 0.25) is 0 Å². The van der Waals surface area contributed by atoms with E-state index in [-0.39, 0.29) is 11.7 Å². The maximum Gasteiger partial charge on any atom is 0.331 e. The Hall–Kier alpha value is -1.98. The number of hydrogen-bond donors (Lipinski definition) is 2. The number of esters is 1. The number of allylic oxidation sites excluding steroid dienone is 4. The molecule has 0 bridgehead atoms. The molecule has 0 heterocycles.